The van der Waals surface area contributed by atoms with Crippen molar-refractivity contribution in [2.75, 3.05) is 11.5 Å². The summed E-state index contributed by atoms with van der Waals surface area (Å²) in [7, 11) is -3.77. The number of nitrogens with two attached hydrogens (primary N) is 1. The van der Waals surface area contributed by atoms with Crippen LogP contribution in [0.2, 0.25) is 0 Å². The lowest BCUT2D eigenvalue weighted by Gasteiger charge is -2.18. The minimum absolute atomic E-state index is 0.147. The van der Waals surface area contributed by atoms with Crippen molar-refractivity contribution in [2.24, 2.45) is 0 Å². The predicted octanol–water partition coefficient (Wildman–Crippen LogP) is 2.17. The third-order valence-electron chi connectivity index (χ3n) is 2.18. The quantitative estimate of drug-likeness (QED) is 0.518. The number of carbonyl (C=O) groups excluding carboxylic acids is 1. The Bertz CT molecular complexity index is 542. The second kappa shape index (κ2) is 4.96. The number of benzene rings is 1. The van der Waals surface area contributed by atoms with Crippen molar-refractivity contribution < 1.29 is 13.2 Å². The third kappa shape index (κ3) is 2.81. The molecule has 1 rings (SSSR count). The minimum atomic E-state index is -3.77. The summed E-state index contributed by atoms with van der Waals surface area (Å²) in [4.78, 5) is 12.0. The highest BCUT2D eigenvalue weighted by Gasteiger charge is 2.45. The Labute approximate surface area is 113 Å². The lowest BCUT2D eigenvalue weighted by Crippen LogP contribution is -2.36. The molecule has 0 unspecified atom stereocenters. The number of alkyl halides is 2. The zero-order chi connectivity index (χ0) is 13.3. The van der Waals surface area contributed by atoms with Crippen LogP contribution >= 0.6 is 27.5 Å². The minimum Gasteiger partial charge on any atom is -0.399 e. The summed E-state index contributed by atoms with van der Waals surface area (Å²) in [6, 6.07) is 5.99. The summed E-state index contributed by atoms with van der Waals surface area (Å²) >= 11 is 8.58. The van der Waals surface area contributed by atoms with E-state index >= 15 is 0 Å². The van der Waals surface area contributed by atoms with Gasteiger partial charge in [-0.2, -0.15) is 0 Å². The van der Waals surface area contributed by atoms with Crippen molar-refractivity contribution in [3.63, 3.8) is 0 Å². The van der Waals surface area contributed by atoms with Crippen LogP contribution in [-0.2, 0) is 9.84 Å². The molecule has 0 radical (unpaired) electrons. The number of hydrogen-bond acceptors (Lipinski definition) is 4. The van der Waals surface area contributed by atoms with Gasteiger partial charge >= 0.3 is 0 Å². The van der Waals surface area contributed by atoms with Crippen LogP contribution in [0.5, 0.6) is 0 Å². The fourth-order valence-electron chi connectivity index (χ4n) is 1.17. The highest BCUT2D eigenvalue weighted by Crippen LogP contribution is 2.35. The van der Waals surface area contributed by atoms with Gasteiger partial charge in [-0.05, 0) is 28.1 Å². The predicted molar refractivity (Wildman–Crippen MR) is 72.2 cm³/mol. The summed E-state index contributed by atoms with van der Waals surface area (Å²) in [5, 5.41) is 0. The molecule has 1 atom stereocenters. The molecule has 4 nitrogen and oxygen atoms in total. The molecule has 0 fully saturated rings. The molecule has 0 saturated heterocycles. The smallest absolute Gasteiger partial charge is 0.261 e. The van der Waals surface area contributed by atoms with Gasteiger partial charge in [0.2, 0.25) is 5.78 Å². The number of anilines is 1. The lowest BCUT2D eigenvalue weighted by atomic mass is 10.1. The maximum atomic E-state index is 12.0. The molecule has 0 bridgehead atoms. The molecule has 0 aliphatic carbocycles. The van der Waals surface area contributed by atoms with Gasteiger partial charge in [-0.3, -0.25) is 4.79 Å². The number of rotatable bonds is 4. The first-order valence-electron chi connectivity index (χ1n) is 4.73. The number of sulfone groups is 1. The Hall–Kier alpha value is -0.590. The Morgan fingerprint density at radius 2 is 2.12 bits per heavy atom. The monoisotopic (exact) mass is 339 g/mol. The molecule has 7 heteroatoms. The number of halogens is 2. The molecule has 0 saturated carbocycles. The molecule has 0 aliphatic rings. The second-order valence-electron chi connectivity index (χ2n) is 3.37. The van der Waals surface area contributed by atoms with Gasteiger partial charge in [0.15, 0.2) is 9.84 Å². The van der Waals surface area contributed by atoms with Crippen molar-refractivity contribution in [3.8, 4) is 0 Å². The van der Waals surface area contributed by atoms with Crippen molar-refractivity contribution >= 4 is 48.8 Å². The van der Waals surface area contributed by atoms with E-state index in [-0.39, 0.29) is 11.3 Å². The van der Waals surface area contributed by atoms with Crippen LogP contribution in [0.15, 0.2) is 24.3 Å². The van der Waals surface area contributed by atoms with E-state index in [0.29, 0.717) is 5.69 Å². The number of Topliss-reactive ketones (excluding diaryl/α,β-unsaturated/α-hetero) is 1. The average Bonchev–Trinajstić information content (AvgIpc) is 2.27. The normalized spacial score (nSPS) is 15.2. The van der Waals surface area contributed by atoms with E-state index in [0.717, 1.165) is 0 Å². The number of hydrogen-bond donors (Lipinski definition) is 1. The van der Waals surface area contributed by atoms with Crippen molar-refractivity contribution in [1.29, 1.82) is 0 Å². The lowest BCUT2D eigenvalue weighted by molar-refractivity contribution is 0.1000. The standard InChI is InChI=1S/C10H11BrClNO3S/c1-2-17(15,16)10(11,12)9(14)7-4-3-5-8(13)6-7/h3-6H,2,13H2,1H3/t10-/m0/s1. The van der Waals surface area contributed by atoms with Crippen LogP contribution in [0.1, 0.15) is 17.3 Å². The molecule has 1 aromatic rings. The van der Waals surface area contributed by atoms with Gasteiger partial charge in [0.1, 0.15) is 0 Å². The third-order valence-corrected chi connectivity index (χ3v) is 6.63. The molecule has 94 valence electrons. The van der Waals surface area contributed by atoms with E-state index in [1.165, 1.54) is 19.1 Å². The molecular weight excluding hydrogens is 330 g/mol. The summed E-state index contributed by atoms with van der Waals surface area (Å²) in [5.74, 6) is -0.983. The Morgan fingerprint density at radius 3 is 2.59 bits per heavy atom. The first-order chi connectivity index (χ1) is 7.72. The molecular formula is C10H11BrClNO3S. The zero-order valence-corrected chi connectivity index (χ0v) is 12.1. The highest BCUT2D eigenvalue weighted by atomic mass is 79.9. The molecule has 17 heavy (non-hydrogen) atoms. The first kappa shape index (κ1) is 14.5. The highest BCUT2D eigenvalue weighted by molar-refractivity contribution is 9.12. The van der Waals surface area contributed by atoms with Gasteiger partial charge in [-0.25, -0.2) is 8.42 Å². The maximum Gasteiger partial charge on any atom is 0.261 e. The molecule has 0 amide bonds. The van der Waals surface area contributed by atoms with E-state index < -0.39 is 18.7 Å². The van der Waals surface area contributed by atoms with E-state index in [1.54, 1.807) is 12.1 Å². The molecule has 2 N–H and O–H groups in total. The Morgan fingerprint density at radius 1 is 1.53 bits per heavy atom. The topological polar surface area (TPSA) is 77.2 Å². The van der Waals surface area contributed by atoms with Gasteiger partial charge in [-0.1, -0.05) is 30.7 Å². The zero-order valence-electron chi connectivity index (χ0n) is 8.98. The number of ketones is 1. The van der Waals surface area contributed by atoms with Gasteiger partial charge in [0.25, 0.3) is 3.12 Å². The van der Waals surface area contributed by atoms with E-state index in [2.05, 4.69) is 15.9 Å². The summed E-state index contributed by atoms with van der Waals surface area (Å²) in [6.45, 7) is 1.42. The van der Waals surface area contributed by atoms with Gasteiger partial charge in [-0.15, -0.1) is 0 Å². The number of carbonyl (C=O) groups is 1. The second-order valence-corrected chi connectivity index (χ2v) is 8.76. The first-order valence-corrected chi connectivity index (χ1v) is 7.55. The van der Waals surface area contributed by atoms with Crippen molar-refractivity contribution in [1.82, 2.24) is 0 Å². The maximum absolute atomic E-state index is 12.0. The summed E-state index contributed by atoms with van der Waals surface area (Å²) < 4.78 is 21.2. The van der Waals surface area contributed by atoms with Crippen LogP contribution in [0.3, 0.4) is 0 Å². The van der Waals surface area contributed by atoms with Gasteiger partial charge in [0, 0.05) is 11.3 Å². The van der Waals surface area contributed by atoms with Crippen LogP contribution in [-0.4, -0.2) is 23.1 Å². The van der Waals surface area contributed by atoms with Crippen LogP contribution < -0.4 is 5.73 Å². The Balaban J connectivity index is 3.23. The average molecular weight is 341 g/mol. The van der Waals surface area contributed by atoms with Gasteiger partial charge in [0.05, 0.1) is 5.75 Å². The van der Waals surface area contributed by atoms with Crippen LogP contribution in [0.4, 0.5) is 5.69 Å². The van der Waals surface area contributed by atoms with E-state index in [1.807, 2.05) is 0 Å². The van der Waals surface area contributed by atoms with Crippen molar-refractivity contribution in [3.05, 3.63) is 29.8 Å². The summed E-state index contributed by atoms with van der Waals surface area (Å²) in [5.41, 5.74) is 6.03. The Kier molecular flexibility index (Phi) is 4.22. The van der Waals surface area contributed by atoms with Crippen LogP contribution in [0.25, 0.3) is 0 Å². The fourth-order valence-corrected chi connectivity index (χ4v) is 3.29. The SMILES string of the molecule is CCS(=O)(=O)[C@](Cl)(Br)C(=O)c1cccc(N)c1. The molecule has 0 spiro atoms. The molecule has 0 aliphatic heterocycles. The van der Waals surface area contributed by atoms with E-state index in [9.17, 15) is 13.2 Å². The van der Waals surface area contributed by atoms with E-state index in [4.69, 9.17) is 17.3 Å². The van der Waals surface area contributed by atoms with Crippen LogP contribution in [0, 0.1) is 0 Å². The number of nitrogen functional groups attached to an aromatic ring is 1. The molecule has 1 aromatic carbocycles. The fraction of sp³-hybridized carbons (Fsp3) is 0.300. The summed E-state index contributed by atoms with van der Waals surface area (Å²) in [6.07, 6.45) is 0. The largest absolute Gasteiger partial charge is 0.399 e. The van der Waals surface area contributed by atoms with Crippen molar-refractivity contribution in [2.45, 2.75) is 10.0 Å². The molecule has 0 heterocycles. The van der Waals surface area contributed by atoms with Gasteiger partial charge < -0.3 is 5.73 Å². The molecule has 0 aromatic heterocycles.